The second-order valence-electron chi connectivity index (χ2n) is 5.77. The molecule has 0 spiro atoms. The molecule has 1 aromatic carbocycles. The van der Waals surface area contributed by atoms with Gasteiger partial charge in [0.15, 0.2) is 0 Å². The van der Waals surface area contributed by atoms with E-state index in [0.717, 1.165) is 16.0 Å². The molecule has 0 radical (unpaired) electrons. The molecule has 0 atom stereocenters. The third-order valence-electron chi connectivity index (χ3n) is 2.75. The standard InChI is InChI=1S/C16H18BrClN2S/c1-16(2,3)20-9-11-4-5-12(17)8-14(11)21-15-7-6-13(18)10-19-15/h4-8,10,20H,9H2,1-3H3. The molecule has 0 aliphatic carbocycles. The average Bonchev–Trinajstić information content (AvgIpc) is 2.39. The van der Waals surface area contributed by atoms with E-state index in [0.29, 0.717) is 5.02 Å². The minimum atomic E-state index is 0.0908. The molecule has 5 heteroatoms. The van der Waals surface area contributed by atoms with E-state index >= 15 is 0 Å². The molecule has 0 aliphatic heterocycles. The fraction of sp³-hybridized carbons (Fsp3) is 0.312. The molecule has 0 unspecified atom stereocenters. The van der Waals surface area contributed by atoms with Gasteiger partial charge in [0.25, 0.3) is 0 Å². The maximum Gasteiger partial charge on any atom is 0.101 e. The van der Waals surface area contributed by atoms with Crippen molar-refractivity contribution in [3.05, 3.63) is 51.6 Å². The van der Waals surface area contributed by atoms with Crippen LogP contribution in [0.25, 0.3) is 0 Å². The van der Waals surface area contributed by atoms with Gasteiger partial charge in [-0.1, -0.05) is 45.4 Å². The maximum atomic E-state index is 5.88. The summed E-state index contributed by atoms with van der Waals surface area (Å²) in [4.78, 5) is 5.54. The van der Waals surface area contributed by atoms with Gasteiger partial charge in [-0.3, -0.25) is 0 Å². The highest BCUT2D eigenvalue weighted by Gasteiger charge is 2.12. The van der Waals surface area contributed by atoms with Crippen LogP contribution in [-0.4, -0.2) is 10.5 Å². The summed E-state index contributed by atoms with van der Waals surface area (Å²) in [5.41, 5.74) is 1.35. The molecule has 1 heterocycles. The minimum Gasteiger partial charge on any atom is -0.308 e. The van der Waals surface area contributed by atoms with Crippen molar-refractivity contribution in [2.75, 3.05) is 0 Å². The summed E-state index contributed by atoms with van der Waals surface area (Å²) in [6, 6.07) is 10.1. The van der Waals surface area contributed by atoms with Crippen LogP contribution in [0.1, 0.15) is 26.3 Å². The summed E-state index contributed by atoms with van der Waals surface area (Å²) in [7, 11) is 0. The largest absolute Gasteiger partial charge is 0.308 e. The van der Waals surface area contributed by atoms with Crippen LogP contribution in [0.4, 0.5) is 0 Å². The van der Waals surface area contributed by atoms with Gasteiger partial charge in [-0.05, 0) is 50.6 Å². The molecule has 2 nitrogen and oxygen atoms in total. The molecule has 0 bridgehead atoms. The summed E-state index contributed by atoms with van der Waals surface area (Å²) < 4.78 is 1.07. The Hall–Kier alpha value is -0.550. The molecule has 0 saturated carbocycles. The molecule has 0 fully saturated rings. The maximum absolute atomic E-state index is 5.88. The Labute approximate surface area is 143 Å². The number of nitrogens with one attached hydrogen (secondary N) is 1. The number of aromatic nitrogens is 1. The third kappa shape index (κ3) is 5.62. The van der Waals surface area contributed by atoms with Gasteiger partial charge in [-0.2, -0.15) is 0 Å². The average molecular weight is 386 g/mol. The number of benzene rings is 1. The highest BCUT2D eigenvalue weighted by Crippen LogP contribution is 2.32. The van der Waals surface area contributed by atoms with E-state index < -0.39 is 0 Å². The van der Waals surface area contributed by atoms with Crippen LogP contribution < -0.4 is 5.32 Å². The summed E-state index contributed by atoms with van der Waals surface area (Å²) in [5.74, 6) is 0. The number of hydrogen-bond acceptors (Lipinski definition) is 3. The SMILES string of the molecule is CC(C)(C)NCc1ccc(Br)cc1Sc1ccc(Cl)cn1. The van der Waals surface area contributed by atoms with Crippen molar-refractivity contribution in [2.24, 2.45) is 0 Å². The number of rotatable bonds is 4. The lowest BCUT2D eigenvalue weighted by Crippen LogP contribution is -2.35. The van der Waals surface area contributed by atoms with Gasteiger partial charge in [0.05, 0.1) is 5.02 Å². The zero-order valence-corrected chi connectivity index (χ0v) is 15.4. The van der Waals surface area contributed by atoms with Crippen molar-refractivity contribution < 1.29 is 0 Å². The number of hydrogen-bond donors (Lipinski definition) is 1. The van der Waals surface area contributed by atoms with Crippen LogP contribution in [0.15, 0.2) is 50.9 Å². The van der Waals surface area contributed by atoms with Crippen LogP contribution in [-0.2, 0) is 6.54 Å². The van der Waals surface area contributed by atoms with Crippen molar-refractivity contribution in [3.8, 4) is 0 Å². The Kier molecular flexibility index (Phi) is 5.72. The Morgan fingerprint density at radius 3 is 2.62 bits per heavy atom. The van der Waals surface area contributed by atoms with Crippen LogP contribution in [0.5, 0.6) is 0 Å². The zero-order valence-electron chi connectivity index (χ0n) is 12.3. The van der Waals surface area contributed by atoms with Gasteiger partial charge in [0.1, 0.15) is 5.03 Å². The van der Waals surface area contributed by atoms with E-state index in [9.17, 15) is 0 Å². The first-order chi connectivity index (χ1) is 9.83. The van der Waals surface area contributed by atoms with Crippen molar-refractivity contribution in [1.82, 2.24) is 10.3 Å². The van der Waals surface area contributed by atoms with Crippen molar-refractivity contribution >= 4 is 39.3 Å². The molecule has 0 amide bonds. The molecule has 0 aliphatic rings. The predicted octanol–water partition coefficient (Wildman–Crippen LogP) is 5.54. The van der Waals surface area contributed by atoms with Crippen LogP contribution >= 0.6 is 39.3 Å². The lowest BCUT2D eigenvalue weighted by Gasteiger charge is -2.21. The van der Waals surface area contributed by atoms with Gasteiger partial charge in [0, 0.05) is 27.6 Å². The Morgan fingerprint density at radius 2 is 2.00 bits per heavy atom. The molecular formula is C16H18BrClN2S. The highest BCUT2D eigenvalue weighted by molar-refractivity contribution is 9.10. The molecule has 2 rings (SSSR count). The summed E-state index contributed by atoms with van der Waals surface area (Å²) >= 11 is 11.1. The normalized spacial score (nSPS) is 11.7. The highest BCUT2D eigenvalue weighted by atomic mass is 79.9. The first-order valence-corrected chi connectivity index (χ1v) is 8.65. The van der Waals surface area contributed by atoms with E-state index in [2.05, 4.69) is 65.2 Å². The van der Waals surface area contributed by atoms with E-state index in [4.69, 9.17) is 11.6 Å². The van der Waals surface area contributed by atoms with Gasteiger partial charge in [-0.25, -0.2) is 4.98 Å². The smallest absolute Gasteiger partial charge is 0.101 e. The topological polar surface area (TPSA) is 24.9 Å². The van der Waals surface area contributed by atoms with Gasteiger partial charge in [-0.15, -0.1) is 0 Å². The molecule has 21 heavy (non-hydrogen) atoms. The summed E-state index contributed by atoms with van der Waals surface area (Å²) in [6.07, 6.45) is 1.68. The minimum absolute atomic E-state index is 0.0908. The van der Waals surface area contributed by atoms with E-state index in [-0.39, 0.29) is 5.54 Å². The van der Waals surface area contributed by atoms with Gasteiger partial charge in [0.2, 0.25) is 0 Å². The van der Waals surface area contributed by atoms with E-state index in [1.165, 1.54) is 10.5 Å². The van der Waals surface area contributed by atoms with Crippen molar-refractivity contribution in [2.45, 2.75) is 42.8 Å². The molecule has 0 saturated heterocycles. The molecule has 1 N–H and O–H groups in total. The molecular weight excluding hydrogens is 368 g/mol. The third-order valence-corrected chi connectivity index (χ3v) is 4.52. The second kappa shape index (κ2) is 7.14. The quantitative estimate of drug-likeness (QED) is 0.748. The van der Waals surface area contributed by atoms with Crippen LogP contribution in [0.3, 0.4) is 0 Å². The summed E-state index contributed by atoms with van der Waals surface area (Å²) in [6.45, 7) is 7.32. The van der Waals surface area contributed by atoms with Gasteiger partial charge < -0.3 is 5.32 Å². The van der Waals surface area contributed by atoms with E-state index in [1.807, 2.05) is 12.1 Å². The molecule has 1 aromatic heterocycles. The Balaban J connectivity index is 2.20. The van der Waals surface area contributed by atoms with E-state index in [1.54, 1.807) is 18.0 Å². The van der Waals surface area contributed by atoms with Crippen molar-refractivity contribution in [1.29, 1.82) is 0 Å². The van der Waals surface area contributed by atoms with Crippen molar-refractivity contribution in [3.63, 3.8) is 0 Å². The lowest BCUT2D eigenvalue weighted by molar-refractivity contribution is 0.422. The van der Waals surface area contributed by atoms with Crippen LogP contribution in [0, 0.1) is 0 Å². The molecule has 2 aromatic rings. The number of halogens is 2. The monoisotopic (exact) mass is 384 g/mol. The van der Waals surface area contributed by atoms with Crippen LogP contribution in [0.2, 0.25) is 5.02 Å². The zero-order chi connectivity index (χ0) is 15.5. The fourth-order valence-corrected chi connectivity index (χ4v) is 3.21. The van der Waals surface area contributed by atoms with Gasteiger partial charge >= 0.3 is 0 Å². The fourth-order valence-electron chi connectivity index (χ4n) is 1.67. The first kappa shape index (κ1) is 16.8. The number of nitrogens with zero attached hydrogens (tertiary/aromatic N) is 1. The number of pyridine rings is 1. The second-order valence-corrected chi connectivity index (χ2v) is 8.19. The Morgan fingerprint density at radius 1 is 1.24 bits per heavy atom. The lowest BCUT2D eigenvalue weighted by atomic mass is 10.1. The molecule has 112 valence electrons. The first-order valence-electron chi connectivity index (χ1n) is 6.66. The summed E-state index contributed by atoms with van der Waals surface area (Å²) in [5, 5.41) is 5.12. The Bertz CT molecular complexity index is 609. The predicted molar refractivity (Wildman–Crippen MR) is 94.1 cm³/mol.